The van der Waals surface area contributed by atoms with Crippen LogP contribution in [0, 0.1) is 0 Å². The molecule has 0 bridgehead atoms. The van der Waals surface area contributed by atoms with Gasteiger partial charge in [0.25, 0.3) is 0 Å². The zero-order chi connectivity index (χ0) is 17.5. The Kier molecular flexibility index (Phi) is 3.69. The van der Waals surface area contributed by atoms with Gasteiger partial charge in [-0.15, -0.1) is 0 Å². The van der Waals surface area contributed by atoms with E-state index in [1.54, 1.807) is 0 Å². The lowest BCUT2D eigenvalue weighted by Crippen LogP contribution is -2.28. The summed E-state index contributed by atoms with van der Waals surface area (Å²) in [4.78, 5) is 2.45. The molecule has 0 saturated carbocycles. The molecule has 1 aliphatic heterocycles. The third-order valence-corrected chi connectivity index (χ3v) is 5.48. The highest BCUT2D eigenvalue weighted by Crippen LogP contribution is 2.47. The van der Waals surface area contributed by atoms with Gasteiger partial charge in [0, 0.05) is 22.3 Å². The summed E-state index contributed by atoms with van der Waals surface area (Å²) in [7, 11) is 0. The van der Waals surface area contributed by atoms with E-state index in [4.69, 9.17) is 11.6 Å². The Morgan fingerprint density at radius 1 is 0.731 bits per heavy atom. The number of fused-ring (bicyclic) bond motifs is 3. The van der Waals surface area contributed by atoms with Crippen molar-refractivity contribution in [2.24, 2.45) is 0 Å². The number of halogens is 1. The standard InChI is InChI=1S/C24H18ClN/c25-19-9-5-7-17(15-19)18-8-6-10-20(16-18)26-23-13-3-1-11-21(23)22-12-2-4-14-24(22)26/h1-16,21,23H/t21-,23?/m0/s1. The monoisotopic (exact) mass is 355 g/mol. The molecule has 126 valence electrons. The maximum absolute atomic E-state index is 6.19. The van der Waals surface area contributed by atoms with Gasteiger partial charge in [-0.05, 0) is 47.0 Å². The SMILES string of the molecule is Clc1cccc(-c2cccc(N3c4ccccc4[C@@H]4C=CC=CC43)c2)c1. The molecular formula is C24H18ClN. The molecule has 2 heteroatoms. The zero-order valence-electron chi connectivity index (χ0n) is 14.2. The molecule has 5 rings (SSSR count). The van der Waals surface area contributed by atoms with Crippen molar-refractivity contribution in [1.29, 1.82) is 0 Å². The maximum Gasteiger partial charge on any atom is 0.0629 e. The molecule has 2 atom stereocenters. The highest BCUT2D eigenvalue weighted by Gasteiger charge is 2.36. The van der Waals surface area contributed by atoms with Crippen LogP contribution in [0.5, 0.6) is 0 Å². The lowest BCUT2D eigenvalue weighted by molar-refractivity contribution is 0.745. The molecule has 3 aromatic carbocycles. The van der Waals surface area contributed by atoms with E-state index < -0.39 is 0 Å². The smallest absolute Gasteiger partial charge is 0.0629 e. The lowest BCUT2D eigenvalue weighted by atomic mass is 9.91. The highest BCUT2D eigenvalue weighted by atomic mass is 35.5. The summed E-state index contributed by atoms with van der Waals surface area (Å²) >= 11 is 6.19. The van der Waals surface area contributed by atoms with Gasteiger partial charge in [0.2, 0.25) is 0 Å². The van der Waals surface area contributed by atoms with E-state index >= 15 is 0 Å². The Morgan fingerprint density at radius 3 is 2.38 bits per heavy atom. The van der Waals surface area contributed by atoms with Crippen LogP contribution in [-0.2, 0) is 0 Å². The average Bonchev–Trinajstić information content (AvgIpc) is 3.03. The van der Waals surface area contributed by atoms with Crippen molar-refractivity contribution in [1.82, 2.24) is 0 Å². The first kappa shape index (κ1) is 15.5. The Hall–Kier alpha value is -2.77. The normalized spacial score (nSPS) is 20.1. The number of anilines is 2. The van der Waals surface area contributed by atoms with E-state index in [-0.39, 0.29) is 0 Å². The largest absolute Gasteiger partial charge is 0.333 e. The predicted octanol–water partition coefficient (Wildman–Crippen LogP) is 6.74. The van der Waals surface area contributed by atoms with E-state index in [1.807, 2.05) is 18.2 Å². The van der Waals surface area contributed by atoms with Crippen molar-refractivity contribution in [3.05, 3.63) is 108 Å². The van der Waals surface area contributed by atoms with Crippen LogP contribution in [0.25, 0.3) is 11.1 Å². The summed E-state index contributed by atoms with van der Waals surface area (Å²) in [5, 5.41) is 0.764. The minimum atomic E-state index is 0.326. The summed E-state index contributed by atoms with van der Waals surface area (Å²) in [6, 6.07) is 25.8. The van der Waals surface area contributed by atoms with Crippen molar-refractivity contribution < 1.29 is 0 Å². The average molecular weight is 356 g/mol. The van der Waals surface area contributed by atoms with Gasteiger partial charge in [-0.25, -0.2) is 0 Å². The summed E-state index contributed by atoms with van der Waals surface area (Å²) < 4.78 is 0. The Labute approximate surface area is 158 Å². The molecular weight excluding hydrogens is 338 g/mol. The minimum absolute atomic E-state index is 0.326. The van der Waals surface area contributed by atoms with Crippen LogP contribution in [0.2, 0.25) is 5.02 Å². The van der Waals surface area contributed by atoms with Gasteiger partial charge < -0.3 is 4.90 Å². The summed E-state index contributed by atoms with van der Waals surface area (Å²) in [5.74, 6) is 0.408. The molecule has 1 unspecified atom stereocenters. The number of rotatable bonds is 2. The van der Waals surface area contributed by atoms with Gasteiger partial charge in [-0.3, -0.25) is 0 Å². The second-order valence-corrected chi connectivity index (χ2v) is 7.21. The molecule has 1 nitrogen and oxygen atoms in total. The third kappa shape index (κ3) is 2.48. The Balaban J connectivity index is 1.63. The predicted molar refractivity (Wildman–Crippen MR) is 110 cm³/mol. The van der Waals surface area contributed by atoms with E-state index in [0.717, 1.165) is 10.6 Å². The molecule has 0 saturated heterocycles. The van der Waals surface area contributed by atoms with Crippen molar-refractivity contribution >= 4 is 23.0 Å². The Bertz CT molecular complexity index is 1030. The van der Waals surface area contributed by atoms with Crippen LogP contribution in [-0.4, -0.2) is 6.04 Å². The zero-order valence-corrected chi connectivity index (χ0v) is 15.0. The van der Waals surface area contributed by atoms with Crippen molar-refractivity contribution in [2.75, 3.05) is 4.90 Å². The second kappa shape index (κ2) is 6.19. The molecule has 0 spiro atoms. The first-order valence-electron chi connectivity index (χ1n) is 8.90. The molecule has 2 aliphatic rings. The van der Waals surface area contributed by atoms with Gasteiger partial charge in [0.05, 0.1) is 6.04 Å². The van der Waals surface area contributed by atoms with Crippen LogP contribution in [0.15, 0.2) is 97.1 Å². The van der Waals surface area contributed by atoms with Crippen LogP contribution < -0.4 is 4.90 Å². The minimum Gasteiger partial charge on any atom is -0.333 e. The number of nitrogens with zero attached hydrogens (tertiary/aromatic N) is 1. The lowest BCUT2D eigenvalue weighted by Gasteiger charge is -2.29. The van der Waals surface area contributed by atoms with Gasteiger partial charge in [-0.2, -0.15) is 0 Å². The second-order valence-electron chi connectivity index (χ2n) is 6.78. The third-order valence-electron chi connectivity index (χ3n) is 5.24. The first-order valence-corrected chi connectivity index (χ1v) is 9.28. The highest BCUT2D eigenvalue weighted by molar-refractivity contribution is 6.30. The van der Waals surface area contributed by atoms with E-state index in [2.05, 4.69) is 83.8 Å². The topological polar surface area (TPSA) is 3.24 Å². The van der Waals surface area contributed by atoms with E-state index in [1.165, 1.54) is 22.5 Å². The molecule has 3 aromatic rings. The molecule has 0 aromatic heterocycles. The quantitative estimate of drug-likeness (QED) is 0.492. The van der Waals surface area contributed by atoms with Crippen LogP contribution >= 0.6 is 11.6 Å². The molecule has 0 amide bonds. The fourth-order valence-electron chi connectivity index (χ4n) is 4.09. The summed E-state index contributed by atoms with van der Waals surface area (Å²) in [6.45, 7) is 0. The van der Waals surface area contributed by atoms with Gasteiger partial charge in [0.15, 0.2) is 0 Å². The van der Waals surface area contributed by atoms with E-state index in [0.29, 0.717) is 12.0 Å². The summed E-state index contributed by atoms with van der Waals surface area (Å²) in [6.07, 6.45) is 8.92. The fraction of sp³-hybridized carbons (Fsp3) is 0.0833. The van der Waals surface area contributed by atoms with Gasteiger partial charge in [-0.1, -0.05) is 78.4 Å². The van der Waals surface area contributed by atoms with Crippen LogP contribution in [0.3, 0.4) is 0 Å². The number of allylic oxidation sites excluding steroid dienone is 2. The van der Waals surface area contributed by atoms with Gasteiger partial charge in [0.1, 0.15) is 0 Å². The molecule has 0 fully saturated rings. The van der Waals surface area contributed by atoms with E-state index in [9.17, 15) is 0 Å². The molecule has 1 heterocycles. The van der Waals surface area contributed by atoms with Crippen molar-refractivity contribution in [3.63, 3.8) is 0 Å². The number of para-hydroxylation sites is 1. The molecule has 0 N–H and O–H groups in total. The van der Waals surface area contributed by atoms with Crippen LogP contribution in [0.4, 0.5) is 11.4 Å². The first-order chi connectivity index (χ1) is 12.8. The van der Waals surface area contributed by atoms with Gasteiger partial charge >= 0.3 is 0 Å². The van der Waals surface area contributed by atoms with Crippen molar-refractivity contribution in [2.45, 2.75) is 12.0 Å². The molecule has 26 heavy (non-hydrogen) atoms. The van der Waals surface area contributed by atoms with Crippen LogP contribution in [0.1, 0.15) is 11.5 Å². The maximum atomic E-state index is 6.19. The number of hydrogen-bond acceptors (Lipinski definition) is 1. The number of benzene rings is 3. The summed E-state index contributed by atoms with van der Waals surface area (Å²) in [5.41, 5.74) is 6.22. The Morgan fingerprint density at radius 2 is 1.50 bits per heavy atom. The molecule has 1 aliphatic carbocycles. The fourth-order valence-corrected chi connectivity index (χ4v) is 4.28. The number of hydrogen-bond donors (Lipinski definition) is 0. The van der Waals surface area contributed by atoms with Crippen molar-refractivity contribution in [3.8, 4) is 11.1 Å². The molecule has 0 radical (unpaired) electrons.